The Morgan fingerprint density at radius 3 is 2.14 bits per heavy atom. The van der Waals surface area contributed by atoms with E-state index < -0.39 is 0 Å². The van der Waals surface area contributed by atoms with Crippen molar-refractivity contribution in [2.45, 2.75) is 20.8 Å². The maximum absolute atomic E-state index is 6.17. The molecule has 3 rings (SSSR count). The summed E-state index contributed by atoms with van der Waals surface area (Å²) in [5.41, 5.74) is 3.81. The van der Waals surface area contributed by atoms with Crippen LogP contribution in [0.15, 0.2) is 30.3 Å². The molecule has 0 spiro atoms. The van der Waals surface area contributed by atoms with E-state index in [-0.39, 0.29) is 5.28 Å². The van der Waals surface area contributed by atoms with Gasteiger partial charge in [-0.1, -0.05) is 29.8 Å². The second-order valence-corrected chi connectivity index (χ2v) is 5.27. The Balaban J connectivity index is 2.07. The summed E-state index contributed by atoms with van der Waals surface area (Å²) in [6.45, 7) is 5.85. The number of halogens is 1. The third-order valence-corrected chi connectivity index (χ3v) is 3.28. The van der Waals surface area contributed by atoms with E-state index in [2.05, 4.69) is 20.1 Å². The highest BCUT2D eigenvalue weighted by atomic mass is 35.5. The van der Waals surface area contributed by atoms with Crippen molar-refractivity contribution in [2.24, 2.45) is 0 Å². The number of aromatic nitrogens is 5. The summed E-state index contributed by atoms with van der Waals surface area (Å²) < 4.78 is 1.46. The van der Waals surface area contributed by atoms with Crippen LogP contribution in [0.1, 0.15) is 17.0 Å². The van der Waals surface area contributed by atoms with Gasteiger partial charge in [-0.05, 0) is 38.4 Å². The first-order valence-electron chi connectivity index (χ1n) is 6.55. The van der Waals surface area contributed by atoms with Crippen LogP contribution in [0.2, 0.25) is 5.28 Å². The van der Waals surface area contributed by atoms with Gasteiger partial charge in [0.15, 0.2) is 5.82 Å². The van der Waals surface area contributed by atoms with Crippen molar-refractivity contribution in [2.75, 3.05) is 0 Å². The first kappa shape index (κ1) is 13.7. The van der Waals surface area contributed by atoms with Crippen LogP contribution < -0.4 is 0 Å². The van der Waals surface area contributed by atoms with Gasteiger partial charge in [0, 0.05) is 17.0 Å². The van der Waals surface area contributed by atoms with Crippen molar-refractivity contribution in [1.82, 2.24) is 24.7 Å². The molecular formula is C15H14ClN5. The molecule has 0 saturated heterocycles. The average Bonchev–Trinajstić information content (AvgIpc) is 2.80. The number of rotatable bonds is 2. The highest BCUT2D eigenvalue weighted by Crippen LogP contribution is 2.20. The van der Waals surface area contributed by atoms with Crippen molar-refractivity contribution in [3.05, 3.63) is 52.6 Å². The summed E-state index contributed by atoms with van der Waals surface area (Å²) in [6, 6.07) is 9.85. The van der Waals surface area contributed by atoms with E-state index in [0.717, 1.165) is 17.0 Å². The minimum Gasteiger partial charge on any atom is -0.216 e. The van der Waals surface area contributed by atoms with E-state index in [1.54, 1.807) is 0 Å². The molecule has 0 aliphatic carbocycles. The molecule has 1 aromatic carbocycles. The fourth-order valence-electron chi connectivity index (χ4n) is 2.05. The third kappa shape index (κ3) is 2.78. The second kappa shape index (κ2) is 5.26. The lowest BCUT2D eigenvalue weighted by Gasteiger charge is -2.02. The zero-order valence-electron chi connectivity index (χ0n) is 12.0. The van der Waals surface area contributed by atoms with Gasteiger partial charge in [-0.2, -0.15) is 9.67 Å². The number of hydrogen-bond donors (Lipinski definition) is 0. The Kier molecular flexibility index (Phi) is 3.43. The molecule has 3 aromatic rings. The van der Waals surface area contributed by atoms with Gasteiger partial charge >= 0.3 is 0 Å². The highest BCUT2D eigenvalue weighted by Gasteiger charge is 2.13. The van der Waals surface area contributed by atoms with Crippen LogP contribution in [0.3, 0.4) is 0 Å². The Labute approximate surface area is 127 Å². The lowest BCUT2D eigenvalue weighted by atomic mass is 10.1. The van der Waals surface area contributed by atoms with Crippen molar-refractivity contribution < 1.29 is 0 Å². The molecule has 0 aliphatic rings. The Bertz CT molecular complexity index is 772. The van der Waals surface area contributed by atoms with Crippen LogP contribution >= 0.6 is 11.6 Å². The topological polar surface area (TPSA) is 56.5 Å². The summed E-state index contributed by atoms with van der Waals surface area (Å²) in [5, 5.41) is 4.66. The number of nitrogens with zero attached hydrogens (tertiary/aromatic N) is 5. The number of benzene rings is 1. The molecule has 21 heavy (non-hydrogen) atoms. The van der Waals surface area contributed by atoms with Crippen molar-refractivity contribution in [3.8, 4) is 17.3 Å². The summed E-state index contributed by atoms with van der Waals surface area (Å²) in [7, 11) is 0. The van der Waals surface area contributed by atoms with Gasteiger partial charge in [-0.3, -0.25) is 0 Å². The first-order chi connectivity index (χ1) is 10.0. The van der Waals surface area contributed by atoms with E-state index in [1.807, 2.05) is 51.1 Å². The summed E-state index contributed by atoms with van der Waals surface area (Å²) in [6.07, 6.45) is 0. The number of aryl methyl sites for hydroxylation is 3. The van der Waals surface area contributed by atoms with Crippen LogP contribution in [0.25, 0.3) is 17.3 Å². The summed E-state index contributed by atoms with van der Waals surface area (Å²) in [4.78, 5) is 13.0. The van der Waals surface area contributed by atoms with Gasteiger partial charge in [0.25, 0.3) is 5.95 Å². The quantitative estimate of drug-likeness (QED) is 0.728. The second-order valence-electron chi connectivity index (χ2n) is 4.93. The molecule has 2 aromatic heterocycles. The number of hydrogen-bond acceptors (Lipinski definition) is 4. The molecular weight excluding hydrogens is 286 g/mol. The van der Waals surface area contributed by atoms with Crippen molar-refractivity contribution >= 4 is 11.6 Å². The molecule has 0 atom stereocenters. The minimum atomic E-state index is 0.246. The standard InChI is InChI=1S/C15H14ClN5/c1-9-4-6-12(7-5-9)13-19-14(16)21(20-13)15-17-10(2)8-11(3)18-15/h4-8H,1-3H3. The van der Waals surface area contributed by atoms with Crippen molar-refractivity contribution in [3.63, 3.8) is 0 Å². The van der Waals surface area contributed by atoms with Gasteiger partial charge in [0.1, 0.15) is 0 Å². The van der Waals surface area contributed by atoms with E-state index >= 15 is 0 Å². The van der Waals surface area contributed by atoms with E-state index in [1.165, 1.54) is 10.2 Å². The normalized spacial score (nSPS) is 10.9. The van der Waals surface area contributed by atoms with Crippen LogP contribution in [0.4, 0.5) is 0 Å². The molecule has 6 heteroatoms. The maximum Gasteiger partial charge on any atom is 0.253 e. The Morgan fingerprint density at radius 1 is 0.905 bits per heavy atom. The summed E-state index contributed by atoms with van der Waals surface area (Å²) >= 11 is 6.17. The van der Waals surface area contributed by atoms with Gasteiger partial charge in [0.2, 0.25) is 5.28 Å². The molecule has 106 valence electrons. The van der Waals surface area contributed by atoms with Gasteiger partial charge in [-0.15, -0.1) is 5.10 Å². The van der Waals surface area contributed by atoms with Crippen LogP contribution in [-0.4, -0.2) is 24.7 Å². The molecule has 0 aliphatic heterocycles. The first-order valence-corrected chi connectivity index (χ1v) is 6.93. The lowest BCUT2D eigenvalue weighted by molar-refractivity contribution is 0.795. The lowest BCUT2D eigenvalue weighted by Crippen LogP contribution is -2.05. The van der Waals surface area contributed by atoms with Gasteiger partial charge < -0.3 is 0 Å². The molecule has 0 radical (unpaired) electrons. The van der Waals surface area contributed by atoms with Crippen LogP contribution in [0.5, 0.6) is 0 Å². The van der Waals surface area contributed by atoms with E-state index in [0.29, 0.717) is 11.8 Å². The van der Waals surface area contributed by atoms with Gasteiger partial charge in [-0.25, -0.2) is 9.97 Å². The Hall–Kier alpha value is -2.27. The molecule has 0 saturated carbocycles. The van der Waals surface area contributed by atoms with Crippen LogP contribution in [-0.2, 0) is 0 Å². The Morgan fingerprint density at radius 2 is 1.52 bits per heavy atom. The largest absolute Gasteiger partial charge is 0.253 e. The predicted octanol–water partition coefficient (Wildman–Crippen LogP) is 3.30. The molecule has 0 amide bonds. The molecule has 0 unspecified atom stereocenters. The minimum absolute atomic E-state index is 0.246. The predicted molar refractivity (Wildman–Crippen MR) is 81.6 cm³/mol. The van der Waals surface area contributed by atoms with Crippen LogP contribution in [0, 0.1) is 20.8 Å². The fraction of sp³-hybridized carbons (Fsp3) is 0.200. The van der Waals surface area contributed by atoms with Crippen molar-refractivity contribution in [1.29, 1.82) is 0 Å². The monoisotopic (exact) mass is 299 g/mol. The zero-order chi connectivity index (χ0) is 15.0. The molecule has 2 heterocycles. The smallest absolute Gasteiger partial charge is 0.216 e. The molecule has 0 fully saturated rings. The zero-order valence-corrected chi connectivity index (χ0v) is 12.8. The SMILES string of the molecule is Cc1ccc(-c2nc(Cl)n(-c3nc(C)cc(C)n3)n2)cc1. The molecule has 0 bridgehead atoms. The fourth-order valence-corrected chi connectivity index (χ4v) is 2.24. The summed E-state index contributed by atoms with van der Waals surface area (Å²) in [5.74, 6) is 0.992. The third-order valence-electron chi connectivity index (χ3n) is 3.04. The maximum atomic E-state index is 6.17. The molecule has 5 nitrogen and oxygen atoms in total. The van der Waals surface area contributed by atoms with Gasteiger partial charge in [0.05, 0.1) is 0 Å². The van der Waals surface area contributed by atoms with E-state index in [9.17, 15) is 0 Å². The van der Waals surface area contributed by atoms with E-state index in [4.69, 9.17) is 11.6 Å². The highest BCUT2D eigenvalue weighted by molar-refractivity contribution is 6.28. The average molecular weight is 300 g/mol. The molecule has 0 N–H and O–H groups in total.